The maximum Gasteiger partial charge on any atom is 0.237 e. The van der Waals surface area contributed by atoms with Crippen molar-refractivity contribution in [3.8, 4) is 0 Å². The molecule has 0 radical (unpaired) electrons. The summed E-state index contributed by atoms with van der Waals surface area (Å²) in [4.78, 5) is 12.6. The summed E-state index contributed by atoms with van der Waals surface area (Å²) >= 11 is 1.30. The van der Waals surface area contributed by atoms with Crippen LogP contribution in [-0.4, -0.2) is 26.0 Å². The van der Waals surface area contributed by atoms with E-state index in [2.05, 4.69) is 29.4 Å². The van der Waals surface area contributed by atoms with Gasteiger partial charge in [-0.05, 0) is 24.5 Å². The summed E-state index contributed by atoms with van der Waals surface area (Å²) < 4.78 is 1.47. The molecule has 1 heterocycles. The Hall–Kier alpha value is -2.02. The van der Waals surface area contributed by atoms with E-state index in [9.17, 15) is 4.79 Å². The van der Waals surface area contributed by atoms with Gasteiger partial charge in [-0.15, -0.1) is 10.2 Å². The second-order valence-electron chi connectivity index (χ2n) is 7.42. The number of carbonyl (C=O) groups is 1. The van der Waals surface area contributed by atoms with Gasteiger partial charge in [0.15, 0.2) is 5.82 Å². The molecule has 136 valence electrons. The predicted molar refractivity (Wildman–Crippen MR) is 103 cm³/mol. The van der Waals surface area contributed by atoms with Gasteiger partial charge in [0.2, 0.25) is 11.1 Å². The molecule has 0 saturated carbocycles. The third-order valence-corrected chi connectivity index (χ3v) is 4.88. The molecule has 1 unspecified atom stereocenters. The van der Waals surface area contributed by atoms with E-state index in [1.807, 2.05) is 52.0 Å². The molecule has 0 spiro atoms. The van der Waals surface area contributed by atoms with E-state index in [-0.39, 0.29) is 16.6 Å². The number of hydrogen-bond acceptors (Lipinski definition) is 5. The Morgan fingerprint density at radius 3 is 2.40 bits per heavy atom. The number of nitrogens with two attached hydrogens (primary N) is 1. The topological polar surface area (TPSA) is 85.8 Å². The van der Waals surface area contributed by atoms with E-state index < -0.39 is 0 Å². The molecule has 2 rings (SSSR count). The fourth-order valence-electron chi connectivity index (χ4n) is 2.43. The Balaban J connectivity index is 2.11. The minimum Gasteiger partial charge on any atom is -0.336 e. The minimum atomic E-state index is -0.348. The summed E-state index contributed by atoms with van der Waals surface area (Å²) in [5.74, 6) is 7.03. The third-order valence-electron chi connectivity index (χ3n) is 3.83. The fraction of sp³-hybridized carbons (Fsp3) is 0.500. The highest BCUT2D eigenvalue weighted by molar-refractivity contribution is 8.00. The maximum atomic E-state index is 12.6. The quantitative estimate of drug-likeness (QED) is 0.628. The van der Waals surface area contributed by atoms with Gasteiger partial charge in [-0.1, -0.05) is 64.6 Å². The van der Waals surface area contributed by atoms with Crippen molar-refractivity contribution in [2.24, 2.45) is 0 Å². The molecule has 0 bridgehead atoms. The maximum absolute atomic E-state index is 12.6. The van der Waals surface area contributed by atoms with E-state index in [0.29, 0.717) is 16.9 Å². The third kappa shape index (κ3) is 4.54. The standard InChI is InChI=1S/C18H27N5OS/c1-11(2)13-9-7-8-10-14(13)20-15(24)12(3)25-17-22-21-16(23(17)19)18(4,5)6/h7-12H,19H2,1-6H3,(H,20,24). The lowest BCUT2D eigenvalue weighted by Gasteiger charge is -2.18. The van der Waals surface area contributed by atoms with Crippen molar-refractivity contribution in [2.45, 2.75) is 63.3 Å². The molecule has 2 aromatic rings. The number of amides is 1. The number of aromatic nitrogens is 3. The zero-order valence-electron chi connectivity index (χ0n) is 15.7. The number of benzene rings is 1. The first kappa shape index (κ1) is 19.3. The summed E-state index contributed by atoms with van der Waals surface area (Å²) in [7, 11) is 0. The molecule has 1 atom stereocenters. The average molecular weight is 362 g/mol. The smallest absolute Gasteiger partial charge is 0.237 e. The van der Waals surface area contributed by atoms with Crippen molar-refractivity contribution in [3.63, 3.8) is 0 Å². The van der Waals surface area contributed by atoms with Crippen LogP contribution >= 0.6 is 11.8 Å². The zero-order valence-corrected chi connectivity index (χ0v) is 16.5. The van der Waals surface area contributed by atoms with E-state index >= 15 is 0 Å². The van der Waals surface area contributed by atoms with Crippen molar-refractivity contribution in [1.82, 2.24) is 14.9 Å². The predicted octanol–water partition coefficient (Wildman–Crippen LogP) is 3.53. The Bertz CT molecular complexity index is 748. The lowest BCUT2D eigenvalue weighted by Crippen LogP contribution is -2.26. The van der Waals surface area contributed by atoms with Gasteiger partial charge in [-0.2, -0.15) is 0 Å². The number of hydrogen-bond donors (Lipinski definition) is 2. The molecule has 0 aliphatic carbocycles. The van der Waals surface area contributed by atoms with Crippen LogP contribution in [0.15, 0.2) is 29.4 Å². The number of thioether (sulfide) groups is 1. The molecule has 7 heteroatoms. The van der Waals surface area contributed by atoms with Crippen LogP contribution in [0.4, 0.5) is 5.69 Å². The molecule has 0 aliphatic rings. The summed E-state index contributed by atoms with van der Waals surface area (Å²) in [5.41, 5.74) is 1.76. The number of carbonyl (C=O) groups excluding carboxylic acids is 1. The van der Waals surface area contributed by atoms with Crippen molar-refractivity contribution in [1.29, 1.82) is 0 Å². The number of nitrogens with zero attached hydrogens (tertiary/aromatic N) is 3. The van der Waals surface area contributed by atoms with Gasteiger partial charge in [0.05, 0.1) is 5.25 Å². The van der Waals surface area contributed by atoms with Crippen LogP contribution < -0.4 is 11.2 Å². The Morgan fingerprint density at radius 2 is 1.84 bits per heavy atom. The Labute approximate surface area is 153 Å². The first-order chi connectivity index (χ1) is 11.6. The highest BCUT2D eigenvalue weighted by Gasteiger charge is 2.25. The molecule has 3 N–H and O–H groups in total. The van der Waals surface area contributed by atoms with Gasteiger partial charge in [-0.25, -0.2) is 4.68 Å². The van der Waals surface area contributed by atoms with E-state index in [1.54, 1.807) is 0 Å². The molecule has 1 aromatic heterocycles. The summed E-state index contributed by atoms with van der Waals surface area (Å²) in [6.45, 7) is 12.1. The fourth-order valence-corrected chi connectivity index (χ4v) is 3.20. The molecular formula is C18H27N5OS. The number of nitrogens with one attached hydrogen (secondary N) is 1. The summed E-state index contributed by atoms with van der Waals surface area (Å²) in [5, 5.41) is 11.5. The molecule has 0 saturated heterocycles. The van der Waals surface area contributed by atoms with Crippen molar-refractivity contribution >= 4 is 23.4 Å². The first-order valence-corrected chi connectivity index (χ1v) is 9.26. The van der Waals surface area contributed by atoms with Gasteiger partial charge >= 0.3 is 0 Å². The Morgan fingerprint density at radius 1 is 1.20 bits per heavy atom. The van der Waals surface area contributed by atoms with Crippen LogP contribution in [0, 0.1) is 0 Å². The Kier molecular flexibility index (Phi) is 5.77. The molecule has 0 aliphatic heterocycles. The largest absolute Gasteiger partial charge is 0.336 e. The normalized spacial score (nSPS) is 13.1. The molecule has 25 heavy (non-hydrogen) atoms. The van der Waals surface area contributed by atoms with Crippen LogP contribution in [-0.2, 0) is 10.2 Å². The lowest BCUT2D eigenvalue weighted by molar-refractivity contribution is -0.115. The monoisotopic (exact) mass is 361 g/mol. The second-order valence-corrected chi connectivity index (χ2v) is 8.73. The van der Waals surface area contributed by atoms with Crippen LogP contribution in [0.5, 0.6) is 0 Å². The van der Waals surface area contributed by atoms with Gasteiger partial charge in [0, 0.05) is 11.1 Å². The second kappa shape index (κ2) is 7.47. The minimum absolute atomic E-state index is 0.0848. The summed E-state index contributed by atoms with van der Waals surface area (Å²) in [6.07, 6.45) is 0. The van der Waals surface area contributed by atoms with E-state index in [4.69, 9.17) is 5.84 Å². The van der Waals surface area contributed by atoms with E-state index in [0.717, 1.165) is 11.3 Å². The van der Waals surface area contributed by atoms with Gasteiger partial charge in [0.1, 0.15) is 0 Å². The number of rotatable bonds is 5. The highest BCUT2D eigenvalue weighted by Crippen LogP contribution is 2.28. The van der Waals surface area contributed by atoms with Crippen molar-refractivity contribution in [2.75, 3.05) is 11.2 Å². The summed E-state index contributed by atoms with van der Waals surface area (Å²) in [6, 6.07) is 7.86. The van der Waals surface area contributed by atoms with Crippen LogP contribution in [0.1, 0.15) is 58.8 Å². The molecular weight excluding hydrogens is 334 g/mol. The highest BCUT2D eigenvalue weighted by atomic mass is 32.2. The number of anilines is 1. The van der Waals surface area contributed by atoms with Crippen molar-refractivity contribution in [3.05, 3.63) is 35.7 Å². The first-order valence-electron chi connectivity index (χ1n) is 8.38. The van der Waals surface area contributed by atoms with Crippen LogP contribution in [0.3, 0.4) is 0 Å². The van der Waals surface area contributed by atoms with Gasteiger partial charge < -0.3 is 11.2 Å². The van der Waals surface area contributed by atoms with Gasteiger partial charge in [0.25, 0.3) is 0 Å². The molecule has 1 aromatic carbocycles. The van der Waals surface area contributed by atoms with E-state index in [1.165, 1.54) is 16.4 Å². The average Bonchev–Trinajstić information content (AvgIpc) is 2.88. The molecule has 6 nitrogen and oxygen atoms in total. The number of para-hydroxylation sites is 1. The molecule has 0 fully saturated rings. The lowest BCUT2D eigenvalue weighted by atomic mass is 9.96. The molecule has 1 amide bonds. The van der Waals surface area contributed by atoms with Gasteiger partial charge in [-0.3, -0.25) is 4.79 Å². The zero-order chi connectivity index (χ0) is 18.8. The van der Waals surface area contributed by atoms with Crippen LogP contribution in [0.25, 0.3) is 0 Å². The SMILES string of the molecule is CC(Sc1nnc(C(C)(C)C)n1N)C(=O)Nc1ccccc1C(C)C. The number of nitrogen functional groups attached to an aromatic ring is 1. The van der Waals surface area contributed by atoms with Crippen molar-refractivity contribution < 1.29 is 4.79 Å². The van der Waals surface area contributed by atoms with Crippen LogP contribution in [0.2, 0.25) is 0 Å².